The number of aromatic nitrogens is 1. The molecule has 0 radical (unpaired) electrons. The summed E-state index contributed by atoms with van der Waals surface area (Å²) in [5.41, 5.74) is 1.33. The molecule has 2 atom stereocenters. The number of nitrogens with zero attached hydrogens (tertiary/aromatic N) is 2. The van der Waals surface area contributed by atoms with E-state index in [-0.39, 0.29) is 30.8 Å². The van der Waals surface area contributed by atoms with Crippen molar-refractivity contribution in [3.63, 3.8) is 0 Å². The predicted molar refractivity (Wildman–Crippen MR) is 135 cm³/mol. The van der Waals surface area contributed by atoms with E-state index >= 15 is 0 Å². The molecule has 2 unspecified atom stereocenters. The zero-order valence-corrected chi connectivity index (χ0v) is 22.2. The monoisotopic (exact) mass is 609 g/mol. The fourth-order valence-electron chi connectivity index (χ4n) is 4.27. The van der Waals surface area contributed by atoms with Gasteiger partial charge in [-0.1, -0.05) is 19.9 Å². The third-order valence-corrected chi connectivity index (χ3v) is 6.92. The van der Waals surface area contributed by atoms with E-state index in [9.17, 15) is 22.8 Å². The van der Waals surface area contributed by atoms with E-state index in [1.807, 2.05) is 33.6 Å². The predicted octanol–water partition coefficient (Wildman–Crippen LogP) is 5.31. The molecule has 7 nitrogen and oxygen atoms in total. The normalized spacial score (nSPS) is 17.2. The Kier molecular flexibility index (Phi) is 9.30. The van der Waals surface area contributed by atoms with Crippen molar-refractivity contribution >= 4 is 51.1 Å². The molecule has 2 heterocycles. The van der Waals surface area contributed by atoms with Crippen LogP contribution in [0.4, 0.5) is 18.9 Å². The molecular weight excluding hydrogens is 578 g/mol. The standard InChI is InChI=1S/C24H31F3IN3O4/c1-4-21(32)34-15(3)23(35-22(33)5-2)30-11-9-16(10-12-30)29-18-7-6-8-19-17(18)13-20(28)31(19)14-24(25,26)27/h6-8,13,15-16,23,29H,4-5,9-12,14H2,1-3H3. The first-order valence-electron chi connectivity index (χ1n) is 11.8. The van der Waals surface area contributed by atoms with E-state index in [1.165, 1.54) is 4.57 Å². The Labute approximate surface area is 216 Å². The van der Waals surface area contributed by atoms with E-state index in [0.29, 0.717) is 22.3 Å². The first-order chi connectivity index (χ1) is 16.5. The minimum atomic E-state index is -4.30. The molecule has 0 amide bonds. The van der Waals surface area contributed by atoms with E-state index in [1.54, 1.807) is 39.0 Å². The number of alkyl halides is 3. The molecule has 0 bridgehead atoms. The number of likely N-dealkylation sites (tertiary alicyclic amines) is 1. The van der Waals surface area contributed by atoms with Gasteiger partial charge in [-0.15, -0.1) is 0 Å². The smallest absolute Gasteiger partial charge is 0.406 e. The van der Waals surface area contributed by atoms with Crippen LogP contribution in [0.2, 0.25) is 0 Å². The average Bonchev–Trinajstić information content (AvgIpc) is 3.12. The van der Waals surface area contributed by atoms with E-state index in [0.717, 1.165) is 23.9 Å². The van der Waals surface area contributed by atoms with Crippen LogP contribution in [-0.2, 0) is 25.6 Å². The Hall–Kier alpha value is -2.02. The average molecular weight is 609 g/mol. The van der Waals surface area contributed by atoms with Crippen LogP contribution in [0.15, 0.2) is 24.3 Å². The molecule has 1 saturated heterocycles. The Balaban J connectivity index is 1.69. The Bertz CT molecular complexity index is 1030. The summed E-state index contributed by atoms with van der Waals surface area (Å²) in [7, 11) is 0. The summed E-state index contributed by atoms with van der Waals surface area (Å²) in [4.78, 5) is 25.8. The molecule has 1 aliphatic heterocycles. The van der Waals surface area contributed by atoms with E-state index in [2.05, 4.69) is 5.32 Å². The molecule has 1 aromatic heterocycles. The van der Waals surface area contributed by atoms with Crippen molar-refractivity contribution in [3.05, 3.63) is 28.0 Å². The van der Waals surface area contributed by atoms with Crippen molar-refractivity contribution in [1.29, 1.82) is 0 Å². The number of carbonyl (C=O) groups excluding carboxylic acids is 2. The zero-order chi connectivity index (χ0) is 25.8. The number of anilines is 1. The number of hydrogen-bond acceptors (Lipinski definition) is 6. The van der Waals surface area contributed by atoms with Crippen molar-refractivity contribution < 1.29 is 32.2 Å². The summed E-state index contributed by atoms with van der Waals surface area (Å²) in [5.74, 6) is -0.717. The quantitative estimate of drug-likeness (QED) is 0.307. The second-order valence-corrected chi connectivity index (χ2v) is 9.75. The van der Waals surface area contributed by atoms with Gasteiger partial charge in [-0.2, -0.15) is 13.2 Å². The number of halogens is 4. The van der Waals surface area contributed by atoms with Crippen LogP contribution in [-0.4, -0.2) is 59.0 Å². The molecule has 1 N–H and O–H groups in total. The van der Waals surface area contributed by atoms with Crippen LogP contribution < -0.4 is 5.32 Å². The lowest BCUT2D eigenvalue weighted by Crippen LogP contribution is -2.51. The number of nitrogens with one attached hydrogen (secondary N) is 1. The summed E-state index contributed by atoms with van der Waals surface area (Å²) in [6.45, 7) is 5.32. The summed E-state index contributed by atoms with van der Waals surface area (Å²) in [5, 5.41) is 4.24. The van der Waals surface area contributed by atoms with Gasteiger partial charge < -0.3 is 19.4 Å². The fourth-order valence-corrected chi connectivity index (χ4v) is 5.01. The number of benzene rings is 1. The highest BCUT2D eigenvalue weighted by Crippen LogP contribution is 2.32. The number of ether oxygens (including phenoxy) is 2. The van der Waals surface area contributed by atoms with Crippen molar-refractivity contribution in [2.45, 2.75) is 77.5 Å². The first kappa shape index (κ1) is 27.6. The van der Waals surface area contributed by atoms with Gasteiger partial charge >= 0.3 is 18.1 Å². The van der Waals surface area contributed by atoms with Crippen molar-refractivity contribution in [3.8, 4) is 0 Å². The maximum absolute atomic E-state index is 13.0. The van der Waals surface area contributed by atoms with Crippen LogP contribution in [0.5, 0.6) is 0 Å². The molecule has 1 aliphatic rings. The van der Waals surface area contributed by atoms with Crippen LogP contribution in [0.25, 0.3) is 10.9 Å². The van der Waals surface area contributed by atoms with Gasteiger partial charge in [-0.05, 0) is 60.6 Å². The van der Waals surface area contributed by atoms with Crippen molar-refractivity contribution in [2.24, 2.45) is 0 Å². The molecule has 2 aromatic rings. The number of piperidine rings is 1. The minimum Gasteiger partial charge on any atom is -0.457 e. The summed E-state index contributed by atoms with van der Waals surface area (Å²) >= 11 is 1.93. The van der Waals surface area contributed by atoms with Crippen LogP contribution >= 0.6 is 22.6 Å². The van der Waals surface area contributed by atoms with Crippen LogP contribution in [0.1, 0.15) is 46.5 Å². The van der Waals surface area contributed by atoms with Gasteiger partial charge in [0.25, 0.3) is 0 Å². The number of rotatable bonds is 9. The molecule has 194 valence electrons. The Morgan fingerprint density at radius 1 is 1.14 bits per heavy atom. The first-order valence-corrected chi connectivity index (χ1v) is 12.8. The van der Waals surface area contributed by atoms with E-state index in [4.69, 9.17) is 9.47 Å². The van der Waals surface area contributed by atoms with Gasteiger partial charge in [0.2, 0.25) is 0 Å². The maximum atomic E-state index is 13.0. The number of hydrogen-bond donors (Lipinski definition) is 1. The van der Waals surface area contributed by atoms with Crippen LogP contribution in [0.3, 0.4) is 0 Å². The van der Waals surface area contributed by atoms with Crippen molar-refractivity contribution in [1.82, 2.24) is 9.47 Å². The Morgan fingerprint density at radius 2 is 1.77 bits per heavy atom. The van der Waals surface area contributed by atoms with Gasteiger partial charge in [0.1, 0.15) is 12.6 Å². The fraction of sp³-hybridized carbons (Fsp3) is 0.583. The molecule has 1 fully saturated rings. The molecule has 35 heavy (non-hydrogen) atoms. The summed E-state index contributed by atoms with van der Waals surface area (Å²) < 4.78 is 52.0. The molecule has 0 saturated carbocycles. The minimum absolute atomic E-state index is 0.0940. The zero-order valence-electron chi connectivity index (χ0n) is 20.0. The Morgan fingerprint density at radius 3 is 2.37 bits per heavy atom. The molecule has 11 heteroatoms. The van der Waals surface area contributed by atoms with Crippen LogP contribution in [0, 0.1) is 3.70 Å². The van der Waals surface area contributed by atoms with Gasteiger partial charge in [0.05, 0.1) is 9.22 Å². The number of fused-ring (bicyclic) bond motifs is 1. The third-order valence-electron chi connectivity index (χ3n) is 6.03. The van der Waals surface area contributed by atoms with Gasteiger partial charge in [-0.25, -0.2) is 0 Å². The maximum Gasteiger partial charge on any atom is 0.406 e. The molecule has 0 spiro atoms. The lowest BCUT2D eigenvalue weighted by atomic mass is 10.0. The van der Waals surface area contributed by atoms with Gasteiger partial charge in [0.15, 0.2) is 6.23 Å². The van der Waals surface area contributed by atoms with Gasteiger partial charge in [-0.3, -0.25) is 14.5 Å². The summed E-state index contributed by atoms with van der Waals surface area (Å²) in [6.07, 6.45) is -3.66. The SMILES string of the molecule is CCC(=O)OC(C)C(OC(=O)CC)N1CCC(Nc2cccc3c2cc(I)n3CC(F)(F)F)CC1. The highest BCUT2D eigenvalue weighted by Gasteiger charge is 2.34. The molecule has 3 rings (SSSR count). The highest BCUT2D eigenvalue weighted by atomic mass is 127. The second-order valence-electron chi connectivity index (χ2n) is 8.64. The third kappa shape index (κ3) is 7.25. The largest absolute Gasteiger partial charge is 0.457 e. The number of carbonyl (C=O) groups is 2. The summed E-state index contributed by atoms with van der Waals surface area (Å²) in [6, 6.07) is 7.19. The molecule has 1 aromatic carbocycles. The van der Waals surface area contributed by atoms with Crippen molar-refractivity contribution in [2.75, 3.05) is 18.4 Å². The van der Waals surface area contributed by atoms with E-state index < -0.39 is 25.1 Å². The topological polar surface area (TPSA) is 72.8 Å². The number of esters is 2. The molecular formula is C24H31F3IN3O4. The van der Waals surface area contributed by atoms with Gasteiger partial charge in [0, 0.05) is 43.0 Å². The lowest BCUT2D eigenvalue weighted by molar-refractivity contribution is -0.184. The second kappa shape index (κ2) is 11.8. The highest BCUT2D eigenvalue weighted by molar-refractivity contribution is 14.1. The molecule has 0 aliphatic carbocycles. The lowest BCUT2D eigenvalue weighted by Gasteiger charge is -2.39.